The van der Waals surface area contributed by atoms with Crippen molar-refractivity contribution in [1.82, 2.24) is 0 Å². The van der Waals surface area contributed by atoms with Gasteiger partial charge in [0.05, 0.1) is 0 Å². The topological polar surface area (TPSA) is 17.1 Å². The Bertz CT molecular complexity index is 403. The van der Waals surface area contributed by atoms with Crippen LogP contribution in [0.15, 0.2) is 42.0 Å². The fraction of sp³-hybridized carbons (Fsp3) is 0.438. The maximum absolute atomic E-state index is 11.9. The van der Waals surface area contributed by atoms with E-state index in [1.807, 2.05) is 6.07 Å². The number of ketones is 1. The van der Waals surface area contributed by atoms with Gasteiger partial charge in [-0.3, -0.25) is 4.79 Å². The summed E-state index contributed by atoms with van der Waals surface area (Å²) in [6.07, 6.45) is 6.84. The number of hydrogen-bond donors (Lipinski definition) is 0. The minimum Gasteiger partial charge on any atom is -0.300 e. The minimum absolute atomic E-state index is 0.373. The summed E-state index contributed by atoms with van der Waals surface area (Å²) in [6, 6.07) is 10.4. The van der Waals surface area contributed by atoms with Gasteiger partial charge in [-0.2, -0.15) is 0 Å². The first-order chi connectivity index (χ1) is 8.25. The standard InChI is InChI=1S/C16H20O/c1-13-7-5-6-10-16(17)12-15(11-13)14-8-3-2-4-9-14/h2-4,7-9,15H,5-6,10-12H2,1H3/b13-7+. The molecule has 2 rings (SSSR count). The van der Waals surface area contributed by atoms with E-state index >= 15 is 0 Å². The molecule has 0 amide bonds. The third-order valence-electron chi connectivity index (χ3n) is 3.47. The highest BCUT2D eigenvalue weighted by Crippen LogP contribution is 2.29. The summed E-state index contributed by atoms with van der Waals surface area (Å²) >= 11 is 0. The molecule has 1 aliphatic rings. The van der Waals surface area contributed by atoms with Crippen LogP contribution in [0.25, 0.3) is 0 Å². The fourth-order valence-corrected chi connectivity index (χ4v) is 2.53. The van der Waals surface area contributed by atoms with Gasteiger partial charge in [0.1, 0.15) is 5.78 Å². The van der Waals surface area contributed by atoms with E-state index < -0.39 is 0 Å². The molecule has 1 unspecified atom stereocenters. The number of benzene rings is 1. The molecular weight excluding hydrogens is 208 g/mol. The molecule has 0 aliphatic heterocycles. The summed E-state index contributed by atoms with van der Waals surface area (Å²) in [5.41, 5.74) is 2.73. The van der Waals surface area contributed by atoms with Crippen LogP contribution in [0.5, 0.6) is 0 Å². The molecule has 0 heterocycles. The quantitative estimate of drug-likeness (QED) is 0.657. The summed E-state index contributed by atoms with van der Waals surface area (Å²) in [7, 11) is 0. The van der Waals surface area contributed by atoms with Crippen LogP contribution in [-0.4, -0.2) is 5.78 Å². The van der Waals surface area contributed by atoms with Gasteiger partial charge in [-0.05, 0) is 37.7 Å². The van der Waals surface area contributed by atoms with Crippen LogP contribution in [0.3, 0.4) is 0 Å². The average Bonchev–Trinajstić information content (AvgIpc) is 2.42. The van der Waals surface area contributed by atoms with Gasteiger partial charge >= 0.3 is 0 Å². The van der Waals surface area contributed by atoms with Crippen LogP contribution >= 0.6 is 0 Å². The minimum atomic E-state index is 0.373. The zero-order valence-electron chi connectivity index (χ0n) is 10.5. The van der Waals surface area contributed by atoms with Gasteiger partial charge in [0.15, 0.2) is 0 Å². The highest BCUT2D eigenvalue weighted by atomic mass is 16.1. The third kappa shape index (κ3) is 3.55. The second kappa shape index (κ2) is 5.81. The molecule has 1 nitrogen and oxygen atoms in total. The van der Waals surface area contributed by atoms with E-state index in [4.69, 9.17) is 0 Å². The van der Waals surface area contributed by atoms with Gasteiger partial charge in [-0.15, -0.1) is 0 Å². The van der Waals surface area contributed by atoms with Crippen LogP contribution in [-0.2, 0) is 4.79 Å². The maximum atomic E-state index is 11.9. The van der Waals surface area contributed by atoms with Crippen LogP contribution in [0.2, 0.25) is 0 Å². The molecule has 1 aromatic rings. The molecular formula is C16H20O. The van der Waals surface area contributed by atoms with Crippen molar-refractivity contribution in [3.05, 3.63) is 47.5 Å². The van der Waals surface area contributed by atoms with Gasteiger partial charge in [-0.1, -0.05) is 42.0 Å². The zero-order valence-corrected chi connectivity index (χ0v) is 10.5. The van der Waals surface area contributed by atoms with Crippen molar-refractivity contribution in [2.75, 3.05) is 0 Å². The SMILES string of the molecule is C/C1=C\CCCC(=O)CC(c2ccccc2)C1. The highest BCUT2D eigenvalue weighted by molar-refractivity contribution is 5.79. The third-order valence-corrected chi connectivity index (χ3v) is 3.47. The van der Waals surface area contributed by atoms with E-state index in [0.717, 1.165) is 25.7 Å². The Balaban J connectivity index is 2.19. The largest absolute Gasteiger partial charge is 0.300 e. The predicted molar refractivity (Wildman–Crippen MR) is 71.0 cm³/mol. The summed E-state index contributed by atoms with van der Waals surface area (Å²) in [6.45, 7) is 2.19. The summed E-state index contributed by atoms with van der Waals surface area (Å²) in [4.78, 5) is 11.9. The molecule has 1 aromatic carbocycles. The summed E-state index contributed by atoms with van der Waals surface area (Å²) < 4.78 is 0. The molecule has 0 radical (unpaired) electrons. The average molecular weight is 228 g/mol. The molecule has 90 valence electrons. The van der Waals surface area contributed by atoms with Crippen LogP contribution in [0.4, 0.5) is 0 Å². The lowest BCUT2D eigenvalue weighted by atomic mass is 9.88. The van der Waals surface area contributed by atoms with E-state index in [9.17, 15) is 4.79 Å². The normalized spacial score (nSPS) is 25.4. The van der Waals surface area contributed by atoms with E-state index in [1.165, 1.54) is 11.1 Å². The van der Waals surface area contributed by atoms with Crippen molar-refractivity contribution in [2.45, 2.75) is 44.9 Å². The first-order valence-electron chi connectivity index (χ1n) is 6.48. The molecule has 0 fully saturated rings. The monoisotopic (exact) mass is 228 g/mol. The predicted octanol–water partition coefficient (Wildman–Crippen LogP) is 4.25. The molecule has 0 spiro atoms. The lowest BCUT2D eigenvalue weighted by Gasteiger charge is -2.16. The van der Waals surface area contributed by atoms with Gasteiger partial charge in [0.2, 0.25) is 0 Å². The van der Waals surface area contributed by atoms with Crippen molar-refractivity contribution >= 4 is 5.78 Å². The Morgan fingerprint density at radius 1 is 1.12 bits per heavy atom. The van der Waals surface area contributed by atoms with Gasteiger partial charge in [0.25, 0.3) is 0 Å². The molecule has 0 saturated heterocycles. The Morgan fingerprint density at radius 3 is 2.65 bits per heavy atom. The van der Waals surface area contributed by atoms with E-state index in [0.29, 0.717) is 18.1 Å². The number of carbonyl (C=O) groups excluding carboxylic acids is 1. The number of rotatable bonds is 1. The lowest BCUT2D eigenvalue weighted by molar-refractivity contribution is -0.119. The van der Waals surface area contributed by atoms with Crippen LogP contribution < -0.4 is 0 Å². The van der Waals surface area contributed by atoms with E-state index in [1.54, 1.807) is 0 Å². The van der Waals surface area contributed by atoms with Crippen LogP contribution in [0.1, 0.15) is 50.5 Å². The van der Waals surface area contributed by atoms with Gasteiger partial charge < -0.3 is 0 Å². The molecule has 1 heteroatoms. The van der Waals surface area contributed by atoms with E-state index in [2.05, 4.69) is 37.3 Å². The van der Waals surface area contributed by atoms with Crippen molar-refractivity contribution in [3.8, 4) is 0 Å². The first-order valence-corrected chi connectivity index (χ1v) is 6.48. The molecule has 1 aliphatic carbocycles. The number of hydrogen-bond acceptors (Lipinski definition) is 1. The smallest absolute Gasteiger partial charge is 0.133 e. The summed E-state index contributed by atoms with van der Waals surface area (Å²) in [5.74, 6) is 0.792. The molecule has 17 heavy (non-hydrogen) atoms. The molecule has 0 aromatic heterocycles. The van der Waals surface area contributed by atoms with Crippen molar-refractivity contribution in [3.63, 3.8) is 0 Å². The second-order valence-corrected chi connectivity index (χ2v) is 5.00. The van der Waals surface area contributed by atoms with Gasteiger partial charge in [0, 0.05) is 12.8 Å². The zero-order chi connectivity index (χ0) is 12.1. The van der Waals surface area contributed by atoms with Gasteiger partial charge in [-0.25, -0.2) is 0 Å². The number of allylic oxidation sites excluding steroid dienone is 2. The van der Waals surface area contributed by atoms with Crippen LogP contribution in [0, 0.1) is 0 Å². The number of carbonyl (C=O) groups is 1. The van der Waals surface area contributed by atoms with Crippen molar-refractivity contribution in [1.29, 1.82) is 0 Å². The molecule has 0 bridgehead atoms. The Morgan fingerprint density at radius 2 is 1.88 bits per heavy atom. The molecule has 0 N–H and O–H groups in total. The Kier molecular flexibility index (Phi) is 4.13. The van der Waals surface area contributed by atoms with E-state index in [-0.39, 0.29) is 0 Å². The van der Waals surface area contributed by atoms with Crippen molar-refractivity contribution in [2.24, 2.45) is 0 Å². The molecule has 0 saturated carbocycles. The summed E-state index contributed by atoms with van der Waals surface area (Å²) in [5, 5.41) is 0. The number of Topliss-reactive ketones (excluding diaryl/α,β-unsaturated/α-hetero) is 1. The molecule has 1 atom stereocenters. The Hall–Kier alpha value is -1.37. The lowest BCUT2D eigenvalue weighted by Crippen LogP contribution is -2.07. The second-order valence-electron chi connectivity index (χ2n) is 5.00. The Labute approximate surface area is 104 Å². The highest BCUT2D eigenvalue weighted by Gasteiger charge is 2.17. The first kappa shape index (κ1) is 12.1. The maximum Gasteiger partial charge on any atom is 0.133 e. The fourth-order valence-electron chi connectivity index (χ4n) is 2.53. The van der Waals surface area contributed by atoms with Crippen molar-refractivity contribution < 1.29 is 4.79 Å².